The number of methoxy groups -OCH3 is 1. The summed E-state index contributed by atoms with van der Waals surface area (Å²) in [6.45, 7) is 4.54. The smallest absolute Gasteiger partial charge is 0.243 e. The number of H-pyrrole nitrogens is 2. The second-order valence-electron chi connectivity index (χ2n) is 6.67. The van der Waals surface area contributed by atoms with Gasteiger partial charge in [0.1, 0.15) is 11.6 Å². The first-order valence-electron chi connectivity index (χ1n) is 9.60. The van der Waals surface area contributed by atoms with Gasteiger partial charge in [-0.3, -0.25) is 0 Å². The molecular formula is C20H23N5O3S2. The fourth-order valence-electron chi connectivity index (χ4n) is 3.28. The second kappa shape index (κ2) is 8.29. The lowest BCUT2D eigenvalue weighted by Gasteiger charge is -2.18. The number of benzene rings is 2. The van der Waals surface area contributed by atoms with Crippen LogP contribution in [0.2, 0.25) is 0 Å². The Kier molecular flexibility index (Phi) is 5.72. The van der Waals surface area contributed by atoms with E-state index >= 15 is 0 Å². The van der Waals surface area contributed by atoms with Crippen molar-refractivity contribution in [2.24, 2.45) is 0 Å². The number of aromatic amines is 2. The largest absolute Gasteiger partial charge is 0.497 e. The van der Waals surface area contributed by atoms with Crippen LogP contribution in [0.1, 0.15) is 19.7 Å². The summed E-state index contributed by atoms with van der Waals surface area (Å²) in [6, 6.07) is 10.7. The first-order valence-corrected chi connectivity index (χ1v) is 12.0. The van der Waals surface area contributed by atoms with Gasteiger partial charge < -0.3 is 14.7 Å². The Morgan fingerprint density at radius 2 is 1.70 bits per heavy atom. The molecule has 4 aromatic rings. The van der Waals surface area contributed by atoms with E-state index in [-0.39, 0.29) is 4.90 Å². The summed E-state index contributed by atoms with van der Waals surface area (Å²) in [5, 5.41) is 0.781. The van der Waals surface area contributed by atoms with E-state index in [1.807, 2.05) is 32.0 Å². The van der Waals surface area contributed by atoms with Gasteiger partial charge in [-0.2, -0.15) is 4.31 Å². The Morgan fingerprint density at radius 3 is 2.43 bits per heavy atom. The molecule has 0 fully saturated rings. The van der Waals surface area contributed by atoms with Crippen molar-refractivity contribution in [2.45, 2.75) is 29.7 Å². The van der Waals surface area contributed by atoms with Crippen molar-refractivity contribution in [1.29, 1.82) is 0 Å². The van der Waals surface area contributed by atoms with Crippen molar-refractivity contribution in [3.8, 4) is 5.75 Å². The summed E-state index contributed by atoms with van der Waals surface area (Å²) >= 11 is 1.52. The summed E-state index contributed by atoms with van der Waals surface area (Å²) < 4.78 is 32.2. The van der Waals surface area contributed by atoms with Crippen LogP contribution in [0.4, 0.5) is 0 Å². The number of aromatic nitrogens is 4. The standard InChI is InChI=1S/C20H23N5O3S2/c1-4-25(5-2)30(26,27)14-7-9-15-18(11-14)22-19(21-15)12-29-20-23-16-8-6-13(28-3)10-17(16)24-20/h6-11H,4-5,12H2,1-3H3,(H,21,22)(H,23,24). The lowest BCUT2D eigenvalue weighted by atomic mass is 10.3. The fourth-order valence-corrected chi connectivity index (χ4v) is 5.52. The van der Waals surface area contributed by atoms with Crippen LogP contribution in [0.5, 0.6) is 5.75 Å². The van der Waals surface area contributed by atoms with Crippen LogP contribution in [0, 0.1) is 0 Å². The Labute approximate surface area is 179 Å². The van der Waals surface area contributed by atoms with Crippen molar-refractivity contribution < 1.29 is 13.2 Å². The maximum atomic E-state index is 12.8. The monoisotopic (exact) mass is 445 g/mol. The topological polar surface area (TPSA) is 104 Å². The molecule has 0 aliphatic rings. The Hall–Kier alpha value is -2.56. The minimum atomic E-state index is -3.50. The number of thioether (sulfide) groups is 1. The molecule has 0 unspecified atom stereocenters. The third kappa shape index (κ3) is 3.90. The molecule has 2 heterocycles. The molecule has 2 aromatic carbocycles. The summed E-state index contributed by atoms with van der Waals surface area (Å²) in [6.07, 6.45) is 0. The van der Waals surface area contributed by atoms with Crippen LogP contribution in [0.25, 0.3) is 22.1 Å². The maximum Gasteiger partial charge on any atom is 0.243 e. The minimum Gasteiger partial charge on any atom is -0.497 e. The van der Waals surface area contributed by atoms with Gasteiger partial charge in [-0.25, -0.2) is 18.4 Å². The van der Waals surface area contributed by atoms with Gasteiger partial charge in [-0.15, -0.1) is 0 Å². The average molecular weight is 446 g/mol. The van der Waals surface area contributed by atoms with Crippen LogP contribution in [0.3, 0.4) is 0 Å². The van der Waals surface area contributed by atoms with Crippen molar-refractivity contribution >= 4 is 43.9 Å². The van der Waals surface area contributed by atoms with Crippen molar-refractivity contribution in [1.82, 2.24) is 24.2 Å². The molecular weight excluding hydrogens is 422 g/mol. The van der Waals surface area contributed by atoms with Crippen LogP contribution >= 0.6 is 11.8 Å². The van der Waals surface area contributed by atoms with Crippen molar-refractivity contribution in [2.75, 3.05) is 20.2 Å². The number of fused-ring (bicyclic) bond motifs is 2. The van der Waals surface area contributed by atoms with E-state index in [0.29, 0.717) is 24.4 Å². The van der Waals surface area contributed by atoms with Gasteiger partial charge in [-0.1, -0.05) is 25.6 Å². The van der Waals surface area contributed by atoms with Gasteiger partial charge in [0, 0.05) is 19.2 Å². The molecule has 0 saturated heterocycles. The van der Waals surface area contributed by atoms with Gasteiger partial charge in [0.05, 0.1) is 39.8 Å². The molecule has 0 spiro atoms. The highest BCUT2D eigenvalue weighted by molar-refractivity contribution is 7.98. The molecule has 4 rings (SSSR count). The lowest BCUT2D eigenvalue weighted by Crippen LogP contribution is -2.30. The molecule has 0 aliphatic carbocycles. The molecule has 30 heavy (non-hydrogen) atoms. The van der Waals surface area contributed by atoms with Crippen molar-refractivity contribution in [3.63, 3.8) is 0 Å². The summed E-state index contributed by atoms with van der Waals surface area (Å²) in [7, 11) is -1.87. The maximum absolute atomic E-state index is 12.8. The third-order valence-corrected chi connectivity index (χ3v) is 7.79. The third-order valence-electron chi connectivity index (χ3n) is 4.86. The molecule has 0 atom stereocenters. The van der Waals surface area contributed by atoms with Gasteiger partial charge in [-0.05, 0) is 30.3 Å². The zero-order chi connectivity index (χ0) is 21.3. The Balaban J connectivity index is 1.54. The summed E-state index contributed by atoms with van der Waals surface area (Å²) in [4.78, 5) is 15.9. The van der Waals surface area contributed by atoms with E-state index < -0.39 is 10.0 Å². The molecule has 10 heteroatoms. The highest BCUT2D eigenvalue weighted by atomic mass is 32.2. The fraction of sp³-hybridized carbons (Fsp3) is 0.300. The Morgan fingerprint density at radius 1 is 1.00 bits per heavy atom. The van der Waals surface area contributed by atoms with E-state index in [4.69, 9.17) is 4.74 Å². The van der Waals surface area contributed by atoms with Gasteiger partial charge >= 0.3 is 0 Å². The molecule has 158 valence electrons. The lowest BCUT2D eigenvalue weighted by molar-refractivity contribution is 0.415. The first kappa shape index (κ1) is 20.7. The van der Waals surface area contributed by atoms with E-state index in [0.717, 1.165) is 33.3 Å². The van der Waals surface area contributed by atoms with E-state index in [2.05, 4.69) is 19.9 Å². The van der Waals surface area contributed by atoms with Gasteiger partial charge in [0.15, 0.2) is 5.16 Å². The molecule has 8 nitrogen and oxygen atoms in total. The summed E-state index contributed by atoms with van der Waals surface area (Å²) in [5.41, 5.74) is 3.22. The van der Waals surface area contributed by atoms with Crippen molar-refractivity contribution in [3.05, 3.63) is 42.2 Å². The molecule has 0 amide bonds. The number of sulfonamides is 1. The zero-order valence-corrected chi connectivity index (χ0v) is 18.6. The molecule has 0 aliphatic heterocycles. The average Bonchev–Trinajstić information content (AvgIpc) is 3.34. The molecule has 0 saturated carbocycles. The molecule has 2 N–H and O–H groups in total. The molecule has 0 bridgehead atoms. The normalized spacial score (nSPS) is 12.3. The number of imidazole rings is 2. The SMILES string of the molecule is CCN(CC)S(=O)(=O)c1ccc2nc(CSc3nc4ccc(OC)cc4[nH]3)[nH]c2c1. The number of rotatable bonds is 8. The number of hydrogen-bond donors (Lipinski definition) is 2. The predicted octanol–water partition coefficient (Wildman–Crippen LogP) is 3.77. The van der Waals surface area contributed by atoms with E-state index in [1.54, 1.807) is 25.3 Å². The number of ether oxygens (including phenoxy) is 1. The highest BCUT2D eigenvalue weighted by Gasteiger charge is 2.22. The van der Waals surface area contributed by atoms with Crippen LogP contribution < -0.4 is 4.74 Å². The van der Waals surface area contributed by atoms with Gasteiger partial charge in [0.2, 0.25) is 10.0 Å². The van der Waals surface area contributed by atoms with Crippen LogP contribution in [-0.4, -0.2) is 52.9 Å². The second-order valence-corrected chi connectivity index (χ2v) is 9.57. The molecule has 2 aromatic heterocycles. The summed E-state index contributed by atoms with van der Waals surface area (Å²) in [5.74, 6) is 2.10. The minimum absolute atomic E-state index is 0.271. The quantitative estimate of drug-likeness (QED) is 0.400. The van der Waals surface area contributed by atoms with Crippen LogP contribution in [0.15, 0.2) is 46.5 Å². The molecule has 0 radical (unpaired) electrons. The number of nitrogens with zero attached hydrogens (tertiary/aromatic N) is 3. The van der Waals surface area contributed by atoms with Crippen LogP contribution in [-0.2, 0) is 15.8 Å². The zero-order valence-electron chi connectivity index (χ0n) is 17.0. The predicted molar refractivity (Wildman–Crippen MR) is 118 cm³/mol. The first-order chi connectivity index (χ1) is 14.4. The number of hydrogen-bond acceptors (Lipinski definition) is 6. The van der Waals surface area contributed by atoms with Gasteiger partial charge in [0.25, 0.3) is 0 Å². The van der Waals surface area contributed by atoms with E-state index in [1.165, 1.54) is 16.1 Å². The highest BCUT2D eigenvalue weighted by Crippen LogP contribution is 2.26. The Bertz CT molecular complexity index is 1290. The van der Waals surface area contributed by atoms with E-state index in [9.17, 15) is 8.42 Å². The number of nitrogens with one attached hydrogen (secondary N) is 2.